The van der Waals surface area contributed by atoms with Gasteiger partial charge in [0.25, 0.3) is 0 Å². The molecule has 12 heavy (non-hydrogen) atoms. The van der Waals surface area contributed by atoms with Gasteiger partial charge in [0.2, 0.25) is 0 Å². The van der Waals surface area contributed by atoms with Gasteiger partial charge in [-0.05, 0) is 0 Å². The molecule has 1 aromatic rings. The smallest absolute Gasteiger partial charge is 0.341 e. The molecule has 0 atom stereocenters. The second-order valence-electron chi connectivity index (χ2n) is 1.95. The van der Waals surface area contributed by atoms with Gasteiger partial charge in [0.1, 0.15) is 12.9 Å². The Morgan fingerprint density at radius 1 is 1.50 bits per heavy atom. The summed E-state index contributed by atoms with van der Waals surface area (Å²) in [5.41, 5.74) is 0.336. The lowest BCUT2D eigenvalue weighted by Crippen LogP contribution is -2.07. The summed E-state index contributed by atoms with van der Waals surface area (Å²) in [4.78, 5) is 18.4. The van der Waals surface area contributed by atoms with Crippen LogP contribution in [-0.4, -0.2) is 28.4 Å². The van der Waals surface area contributed by atoms with Crippen LogP contribution in [0, 0.1) is 0 Å². The maximum Gasteiger partial charge on any atom is 0.341 e. The second kappa shape index (κ2) is 4.66. The van der Waals surface area contributed by atoms with Crippen LogP contribution in [0.2, 0.25) is 0 Å². The van der Waals surface area contributed by atoms with Gasteiger partial charge >= 0.3 is 5.97 Å². The van der Waals surface area contributed by atoms with Gasteiger partial charge in [-0.2, -0.15) is 0 Å². The number of nitrogens with zero attached hydrogens (tertiary/aromatic N) is 2. The number of carbonyl (C=O) groups excluding carboxylic acids is 1. The fourth-order valence-electron chi connectivity index (χ4n) is 0.619. The fourth-order valence-corrected chi connectivity index (χ4v) is 0.696. The van der Waals surface area contributed by atoms with Crippen molar-refractivity contribution in [3.8, 4) is 0 Å². The summed E-state index contributed by atoms with van der Waals surface area (Å²) in [6, 6.07) is 0. The third-order valence-corrected chi connectivity index (χ3v) is 1.26. The maximum atomic E-state index is 11.0. The molecule has 0 N–H and O–H groups in total. The highest BCUT2D eigenvalue weighted by Crippen LogP contribution is 1.96. The Hall–Kier alpha value is -1.16. The molecule has 1 rings (SSSR count). The molecule has 0 saturated carbocycles. The number of alkyl halides is 1. The first-order valence-corrected chi connectivity index (χ1v) is 3.86. The minimum atomic E-state index is -0.448. The van der Waals surface area contributed by atoms with Gasteiger partial charge in [-0.3, -0.25) is 0 Å². The normalized spacial score (nSPS) is 9.42. The monoisotopic (exact) mass is 186 g/mol. The van der Waals surface area contributed by atoms with Gasteiger partial charge in [-0.1, -0.05) is 0 Å². The van der Waals surface area contributed by atoms with E-state index in [1.807, 2.05) is 0 Å². The number of hydrogen-bond donors (Lipinski definition) is 0. The van der Waals surface area contributed by atoms with Crippen molar-refractivity contribution in [2.24, 2.45) is 0 Å². The first kappa shape index (κ1) is 8.93. The Morgan fingerprint density at radius 3 is 2.75 bits per heavy atom. The molecule has 1 heterocycles. The predicted octanol–water partition coefficient (Wildman–Crippen LogP) is 0.872. The molecule has 0 aliphatic carbocycles. The summed E-state index contributed by atoms with van der Waals surface area (Å²) >= 11 is 5.32. The van der Waals surface area contributed by atoms with E-state index in [1.165, 1.54) is 18.7 Å². The number of esters is 1. The number of halogens is 1. The van der Waals surface area contributed by atoms with Crippen LogP contribution in [-0.2, 0) is 4.74 Å². The summed E-state index contributed by atoms with van der Waals surface area (Å²) in [7, 11) is 0. The van der Waals surface area contributed by atoms with Crippen LogP contribution in [0.25, 0.3) is 0 Å². The standard InChI is InChI=1S/C7H7ClN2O2/c8-1-2-12-7(11)6-3-9-5-10-4-6/h3-5H,1-2H2. The lowest BCUT2D eigenvalue weighted by molar-refractivity contribution is 0.0528. The molecule has 0 aromatic carbocycles. The minimum absolute atomic E-state index is 0.204. The minimum Gasteiger partial charge on any atom is -0.461 e. The van der Waals surface area contributed by atoms with E-state index in [-0.39, 0.29) is 6.61 Å². The molecule has 0 fully saturated rings. The van der Waals surface area contributed by atoms with E-state index in [4.69, 9.17) is 16.3 Å². The van der Waals surface area contributed by atoms with E-state index in [0.717, 1.165) is 0 Å². The molecule has 4 nitrogen and oxygen atoms in total. The number of ether oxygens (including phenoxy) is 1. The van der Waals surface area contributed by atoms with Crippen LogP contribution in [0.1, 0.15) is 10.4 Å². The molecule has 0 bridgehead atoms. The Labute approximate surface area is 74.5 Å². The fraction of sp³-hybridized carbons (Fsp3) is 0.286. The quantitative estimate of drug-likeness (QED) is 0.519. The summed E-state index contributed by atoms with van der Waals surface area (Å²) in [5.74, 6) is -0.157. The first-order chi connectivity index (χ1) is 5.84. The van der Waals surface area contributed by atoms with Crippen molar-refractivity contribution in [3.05, 3.63) is 24.3 Å². The van der Waals surface area contributed by atoms with Crippen molar-refractivity contribution in [1.82, 2.24) is 9.97 Å². The van der Waals surface area contributed by atoms with Gasteiger partial charge in [0.05, 0.1) is 11.4 Å². The molecule has 64 valence electrons. The van der Waals surface area contributed by atoms with Crippen LogP contribution < -0.4 is 0 Å². The van der Waals surface area contributed by atoms with Crippen molar-refractivity contribution in [3.63, 3.8) is 0 Å². The lowest BCUT2D eigenvalue weighted by Gasteiger charge is -1.99. The zero-order valence-corrected chi connectivity index (χ0v) is 6.99. The highest BCUT2D eigenvalue weighted by Gasteiger charge is 2.05. The van der Waals surface area contributed by atoms with Gasteiger partial charge in [0.15, 0.2) is 0 Å². The predicted molar refractivity (Wildman–Crippen MR) is 43.0 cm³/mol. The van der Waals surface area contributed by atoms with Crippen LogP contribution in [0.5, 0.6) is 0 Å². The van der Waals surface area contributed by atoms with Crippen molar-refractivity contribution >= 4 is 17.6 Å². The summed E-state index contributed by atoms with van der Waals surface area (Å²) in [6.45, 7) is 0.204. The summed E-state index contributed by atoms with van der Waals surface area (Å²) < 4.78 is 4.73. The molecular formula is C7H7ClN2O2. The maximum absolute atomic E-state index is 11.0. The molecule has 0 aliphatic heterocycles. The van der Waals surface area contributed by atoms with Crippen molar-refractivity contribution in [2.75, 3.05) is 12.5 Å². The largest absolute Gasteiger partial charge is 0.461 e. The van der Waals surface area contributed by atoms with Crippen molar-refractivity contribution < 1.29 is 9.53 Å². The zero-order valence-electron chi connectivity index (χ0n) is 6.24. The van der Waals surface area contributed by atoms with Crippen molar-refractivity contribution in [1.29, 1.82) is 0 Å². The van der Waals surface area contributed by atoms with Crippen LogP contribution in [0.3, 0.4) is 0 Å². The molecule has 5 heteroatoms. The molecule has 0 unspecified atom stereocenters. The third-order valence-electron chi connectivity index (χ3n) is 1.11. The summed E-state index contributed by atoms with van der Waals surface area (Å²) in [5, 5.41) is 0. The zero-order chi connectivity index (χ0) is 8.81. The Bertz CT molecular complexity index is 253. The van der Waals surface area contributed by atoms with Crippen LogP contribution >= 0.6 is 11.6 Å². The topological polar surface area (TPSA) is 52.1 Å². The first-order valence-electron chi connectivity index (χ1n) is 3.32. The summed E-state index contributed by atoms with van der Waals surface area (Å²) in [6.07, 6.45) is 4.13. The number of aromatic nitrogens is 2. The van der Waals surface area contributed by atoms with Crippen LogP contribution in [0.15, 0.2) is 18.7 Å². The molecule has 0 radical (unpaired) electrons. The molecule has 0 aliphatic rings. The lowest BCUT2D eigenvalue weighted by atomic mass is 10.3. The molecule has 0 spiro atoms. The van der Waals surface area contributed by atoms with E-state index in [9.17, 15) is 4.79 Å². The SMILES string of the molecule is O=C(OCCCl)c1cncnc1. The molecular weight excluding hydrogens is 180 g/mol. The highest BCUT2D eigenvalue weighted by atomic mass is 35.5. The van der Waals surface area contributed by atoms with E-state index < -0.39 is 5.97 Å². The molecule has 0 amide bonds. The van der Waals surface area contributed by atoms with Crippen LogP contribution in [0.4, 0.5) is 0 Å². The Morgan fingerprint density at radius 2 is 2.17 bits per heavy atom. The molecule has 0 saturated heterocycles. The van der Waals surface area contributed by atoms with Crippen molar-refractivity contribution in [2.45, 2.75) is 0 Å². The molecule has 1 aromatic heterocycles. The highest BCUT2D eigenvalue weighted by molar-refractivity contribution is 6.18. The van der Waals surface area contributed by atoms with Gasteiger partial charge in [-0.15, -0.1) is 11.6 Å². The number of hydrogen-bond acceptors (Lipinski definition) is 4. The van der Waals surface area contributed by atoms with E-state index >= 15 is 0 Å². The van der Waals surface area contributed by atoms with Gasteiger partial charge in [0, 0.05) is 12.4 Å². The second-order valence-corrected chi connectivity index (χ2v) is 2.33. The van der Waals surface area contributed by atoms with Gasteiger partial charge in [-0.25, -0.2) is 14.8 Å². The van der Waals surface area contributed by atoms with E-state index in [0.29, 0.717) is 11.4 Å². The number of rotatable bonds is 3. The number of carbonyl (C=O) groups is 1. The average molecular weight is 187 g/mol. The third kappa shape index (κ3) is 2.47. The Kier molecular flexibility index (Phi) is 3.47. The van der Waals surface area contributed by atoms with E-state index in [1.54, 1.807) is 0 Å². The Balaban J connectivity index is 2.54. The van der Waals surface area contributed by atoms with Gasteiger partial charge < -0.3 is 4.74 Å². The van der Waals surface area contributed by atoms with E-state index in [2.05, 4.69) is 9.97 Å². The average Bonchev–Trinajstić information content (AvgIpc) is 2.15.